The van der Waals surface area contributed by atoms with Crippen molar-refractivity contribution in [3.05, 3.63) is 22.8 Å². The fourth-order valence-electron chi connectivity index (χ4n) is 1.76. The molecule has 0 saturated heterocycles. The molecular weight excluding hydrogens is 244 g/mol. The minimum absolute atomic E-state index is 0.170. The van der Waals surface area contributed by atoms with E-state index < -0.39 is 0 Å². The molecule has 0 spiro atoms. The van der Waals surface area contributed by atoms with Crippen molar-refractivity contribution in [1.82, 2.24) is 4.98 Å². The summed E-state index contributed by atoms with van der Waals surface area (Å²) < 4.78 is 0.968. The third kappa shape index (κ3) is 2.25. The summed E-state index contributed by atoms with van der Waals surface area (Å²) in [6.45, 7) is 0. The molecule has 1 aliphatic carbocycles. The molecule has 1 saturated carbocycles. The zero-order valence-corrected chi connectivity index (χ0v) is 9.37. The van der Waals surface area contributed by atoms with E-state index in [1.807, 2.05) is 12.1 Å². The van der Waals surface area contributed by atoms with Gasteiger partial charge in [0.15, 0.2) is 0 Å². The average molecular weight is 257 g/mol. The molecule has 0 aromatic carbocycles. The number of hydrogen-bond donors (Lipinski definition) is 2. The molecule has 3 nitrogen and oxygen atoms in total. The second-order valence-corrected chi connectivity index (χ2v) is 4.53. The maximum Gasteiger partial charge on any atom is 0.126 e. The molecule has 1 aliphatic rings. The van der Waals surface area contributed by atoms with Crippen molar-refractivity contribution in [2.75, 3.05) is 5.32 Å². The lowest BCUT2D eigenvalue weighted by molar-refractivity contribution is 0.171. The van der Waals surface area contributed by atoms with Gasteiger partial charge in [-0.25, -0.2) is 4.98 Å². The topological polar surface area (TPSA) is 45.1 Å². The lowest BCUT2D eigenvalue weighted by atomic mass is 10.2. The number of anilines is 1. The number of halogens is 1. The van der Waals surface area contributed by atoms with Gasteiger partial charge in [-0.05, 0) is 47.3 Å². The van der Waals surface area contributed by atoms with Gasteiger partial charge >= 0.3 is 0 Å². The molecular formula is C10H13BrN2O. The van der Waals surface area contributed by atoms with Crippen LogP contribution in [0, 0.1) is 0 Å². The quantitative estimate of drug-likeness (QED) is 0.853. The molecule has 14 heavy (non-hydrogen) atoms. The highest BCUT2D eigenvalue weighted by Crippen LogP contribution is 2.22. The number of nitrogens with zero attached hydrogens (tertiary/aromatic N) is 1. The van der Waals surface area contributed by atoms with Crippen LogP contribution in [0.5, 0.6) is 0 Å². The van der Waals surface area contributed by atoms with Crippen LogP contribution in [0.4, 0.5) is 5.82 Å². The van der Waals surface area contributed by atoms with Gasteiger partial charge in [0.2, 0.25) is 0 Å². The normalized spacial score (nSPS) is 26.4. The molecule has 0 unspecified atom stereocenters. The SMILES string of the molecule is O[C@@H]1CCC[C@@H]1Nc1ccc(Br)cn1. The summed E-state index contributed by atoms with van der Waals surface area (Å²) in [6, 6.07) is 4.02. The first kappa shape index (κ1) is 9.93. The van der Waals surface area contributed by atoms with E-state index in [1.54, 1.807) is 6.20 Å². The smallest absolute Gasteiger partial charge is 0.126 e. The van der Waals surface area contributed by atoms with Crippen molar-refractivity contribution >= 4 is 21.7 Å². The monoisotopic (exact) mass is 256 g/mol. The van der Waals surface area contributed by atoms with E-state index in [9.17, 15) is 5.11 Å². The second-order valence-electron chi connectivity index (χ2n) is 3.61. The number of nitrogens with one attached hydrogen (secondary N) is 1. The number of aliphatic hydroxyl groups is 1. The third-order valence-corrected chi connectivity index (χ3v) is 3.01. The first-order valence-electron chi connectivity index (χ1n) is 4.82. The molecule has 0 aliphatic heterocycles. The van der Waals surface area contributed by atoms with Gasteiger partial charge in [-0.1, -0.05) is 0 Å². The molecule has 1 heterocycles. The molecule has 0 bridgehead atoms. The molecule has 0 amide bonds. The summed E-state index contributed by atoms with van der Waals surface area (Å²) in [5.74, 6) is 0.833. The van der Waals surface area contributed by atoms with Crippen molar-refractivity contribution in [1.29, 1.82) is 0 Å². The fraction of sp³-hybridized carbons (Fsp3) is 0.500. The van der Waals surface area contributed by atoms with E-state index in [1.165, 1.54) is 0 Å². The Labute approximate surface area is 91.7 Å². The minimum Gasteiger partial charge on any atom is -0.391 e. The van der Waals surface area contributed by atoms with Gasteiger partial charge in [0, 0.05) is 10.7 Å². The van der Waals surface area contributed by atoms with Crippen molar-refractivity contribution < 1.29 is 5.11 Å². The zero-order valence-electron chi connectivity index (χ0n) is 7.78. The molecule has 2 rings (SSSR count). The molecule has 0 radical (unpaired) electrons. The summed E-state index contributed by atoms with van der Waals surface area (Å²) in [4.78, 5) is 4.21. The maximum atomic E-state index is 9.61. The second kappa shape index (κ2) is 4.28. The summed E-state index contributed by atoms with van der Waals surface area (Å²) in [7, 11) is 0. The van der Waals surface area contributed by atoms with Crippen LogP contribution in [-0.4, -0.2) is 22.2 Å². The van der Waals surface area contributed by atoms with Crippen LogP contribution in [0.1, 0.15) is 19.3 Å². The standard InChI is InChI=1S/C10H13BrN2O/c11-7-4-5-10(12-6-7)13-8-2-1-3-9(8)14/h4-6,8-9,14H,1-3H2,(H,12,13)/t8-,9+/m0/s1. The van der Waals surface area contributed by atoms with Crippen LogP contribution in [0.25, 0.3) is 0 Å². The van der Waals surface area contributed by atoms with E-state index in [0.717, 1.165) is 29.6 Å². The molecule has 4 heteroatoms. The number of aromatic nitrogens is 1. The third-order valence-electron chi connectivity index (χ3n) is 2.54. The summed E-state index contributed by atoms with van der Waals surface area (Å²) in [5.41, 5.74) is 0. The van der Waals surface area contributed by atoms with Gasteiger partial charge in [-0.3, -0.25) is 0 Å². The van der Waals surface area contributed by atoms with Gasteiger partial charge in [0.25, 0.3) is 0 Å². The lowest BCUT2D eigenvalue weighted by Crippen LogP contribution is -2.28. The van der Waals surface area contributed by atoms with Gasteiger partial charge in [0.1, 0.15) is 5.82 Å². The van der Waals surface area contributed by atoms with E-state index in [0.29, 0.717) is 0 Å². The molecule has 2 atom stereocenters. The fourth-order valence-corrected chi connectivity index (χ4v) is 1.99. The summed E-state index contributed by atoms with van der Waals surface area (Å²) in [6.07, 6.45) is 4.55. The zero-order chi connectivity index (χ0) is 9.97. The van der Waals surface area contributed by atoms with Gasteiger partial charge in [-0.15, -0.1) is 0 Å². The van der Waals surface area contributed by atoms with Crippen LogP contribution in [0.3, 0.4) is 0 Å². The molecule has 1 aromatic rings. The van der Waals surface area contributed by atoms with Crippen LogP contribution >= 0.6 is 15.9 Å². The summed E-state index contributed by atoms with van der Waals surface area (Å²) >= 11 is 3.33. The van der Waals surface area contributed by atoms with Crippen molar-refractivity contribution in [2.45, 2.75) is 31.4 Å². The number of aliphatic hydroxyl groups excluding tert-OH is 1. The van der Waals surface area contributed by atoms with E-state index >= 15 is 0 Å². The number of rotatable bonds is 2. The number of pyridine rings is 1. The largest absolute Gasteiger partial charge is 0.391 e. The Morgan fingerprint density at radius 3 is 2.86 bits per heavy atom. The maximum absolute atomic E-state index is 9.61. The Morgan fingerprint density at radius 2 is 2.29 bits per heavy atom. The summed E-state index contributed by atoms with van der Waals surface area (Å²) in [5, 5.41) is 12.8. The Balaban J connectivity index is 2.00. The predicted octanol–water partition coefficient (Wildman–Crippen LogP) is 2.17. The van der Waals surface area contributed by atoms with Crippen LogP contribution in [-0.2, 0) is 0 Å². The van der Waals surface area contributed by atoms with Crippen LogP contribution < -0.4 is 5.32 Å². The Bertz CT molecular complexity index is 301. The first-order valence-corrected chi connectivity index (χ1v) is 5.61. The van der Waals surface area contributed by atoms with Crippen molar-refractivity contribution in [2.24, 2.45) is 0 Å². The van der Waals surface area contributed by atoms with E-state index in [-0.39, 0.29) is 12.1 Å². The number of hydrogen-bond acceptors (Lipinski definition) is 3. The lowest BCUT2D eigenvalue weighted by Gasteiger charge is -2.16. The Hall–Kier alpha value is -0.610. The molecule has 2 N–H and O–H groups in total. The highest BCUT2D eigenvalue weighted by molar-refractivity contribution is 9.10. The Kier molecular flexibility index (Phi) is 3.03. The van der Waals surface area contributed by atoms with Crippen LogP contribution in [0.2, 0.25) is 0 Å². The van der Waals surface area contributed by atoms with Crippen molar-refractivity contribution in [3.63, 3.8) is 0 Å². The van der Waals surface area contributed by atoms with E-state index in [4.69, 9.17) is 0 Å². The van der Waals surface area contributed by atoms with Crippen LogP contribution in [0.15, 0.2) is 22.8 Å². The van der Waals surface area contributed by atoms with Crippen molar-refractivity contribution in [3.8, 4) is 0 Å². The van der Waals surface area contributed by atoms with Gasteiger partial charge in [-0.2, -0.15) is 0 Å². The first-order chi connectivity index (χ1) is 6.75. The Morgan fingerprint density at radius 1 is 1.43 bits per heavy atom. The molecule has 1 fully saturated rings. The van der Waals surface area contributed by atoms with E-state index in [2.05, 4.69) is 26.2 Å². The highest BCUT2D eigenvalue weighted by atomic mass is 79.9. The minimum atomic E-state index is -0.222. The highest BCUT2D eigenvalue weighted by Gasteiger charge is 2.24. The molecule has 1 aromatic heterocycles. The molecule has 76 valence electrons. The van der Waals surface area contributed by atoms with Gasteiger partial charge in [0.05, 0.1) is 12.1 Å². The average Bonchev–Trinajstić information content (AvgIpc) is 2.56. The predicted molar refractivity (Wildman–Crippen MR) is 59.2 cm³/mol. The van der Waals surface area contributed by atoms with Gasteiger partial charge < -0.3 is 10.4 Å².